The molecule has 2 amide bonds. The van der Waals surface area contributed by atoms with E-state index >= 15 is 0 Å². The first kappa shape index (κ1) is 22.0. The Hall–Kier alpha value is -2.73. The van der Waals surface area contributed by atoms with Crippen LogP contribution in [0, 0.1) is 6.92 Å². The molecule has 160 valence electrons. The minimum atomic E-state index is -0.495. The van der Waals surface area contributed by atoms with Crippen LogP contribution in [0.5, 0.6) is 11.5 Å². The van der Waals surface area contributed by atoms with Gasteiger partial charge in [0, 0.05) is 18.6 Å². The number of hydrogen-bond donors (Lipinski definition) is 0. The van der Waals surface area contributed by atoms with Crippen LogP contribution >= 0.6 is 11.6 Å². The van der Waals surface area contributed by atoms with Crippen molar-refractivity contribution < 1.29 is 19.1 Å². The molecular formula is C23H27ClN2O4. The number of methoxy groups -OCH3 is 1. The average molecular weight is 431 g/mol. The smallest absolute Gasteiger partial charge is 0.258 e. The highest BCUT2D eigenvalue weighted by molar-refractivity contribution is 6.31. The number of halogens is 1. The number of rotatable bonds is 7. The maximum absolute atomic E-state index is 13.1. The van der Waals surface area contributed by atoms with E-state index in [9.17, 15) is 9.59 Å². The van der Waals surface area contributed by atoms with Crippen molar-refractivity contribution in [1.29, 1.82) is 0 Å². The van der Waals surface area contributed by atoms with Gasteiger partial charge in [0.25, 0.3) is 5.91 Å². The van der Waals surface area contributed by atoms with Gasteiger partial charge >= 0.3 is 0 Å². The van der Waals surface area contributed by atoms with Gasteiger partial charge in [-0.05, 0) is 50.1 Å². The molecule has 6 nitrogen and oxygen atoms in total. The fraction of sp³-hybridized carbons (Fsp3) is 0.391. The fourth-order valence-corrected chi connectivity index (χ4v) is 3.74. The van der Waals surface area contributed by atoms with E-state index in [1.165, 1.54) is 7.11 Å². The molecule has 2 aromatic rings. The monoisotopic (exact) mass is 430 g/mol. The van der Waals surface area contributed by atoms with E-state index in [4.69, 9.17) is 21.1 Å². The minimum absolute atomic E-state index is 0.0886. The van der Waals surface area contributed by atoms with Gasteiger partial charge in [-0.15, -0.1) is 0 Å². The Bertz CT molecular complexity index is 901. The van der Waals surface area contributed by atoms with E-state index in [1.807, 2.05) is 31.2 Å². The van der Waals surface area contributed by atoms with Gasteiger partial charge in [-0.1, -0.05) is 29.3 Å². The molecule has 1 aliphatic rings. The first-order valence-corrected chi connectivity index (χ1v) is 10.4. The molecular weight excluding hydrogens is 404 g/mol. The van der Waals surface area contributed by atoms with Crippen LogP contribution in [0.4, 0.5) is 0 Å². The summed E-state index contributed by atoms with van der Waals surface area (Å²) in [6, 6.07) is 12.2. The Morgan fingerprint density at radius 1 is 1.20 bits per heavy atom. The summed E-state index contributed by atoms with van der Waals surface area (Å²) in [5.74, 6) is 0.887. The van der Waals surface area contributed by atoms with Crippen molar-refractivity contribution in [3.05, 3.63) is 58.6 Å². The summed E-state index contributed by atoms with van der Waals surface area (Å²) < 4.78 is 11.0. The van der Waals surface area contributed by atoms with Crippen molar-refractivity contribution in [1.82, 2.24) is 9.80 Å². The lowest BCUT2D eigenvalue weighted by molar-refractivity contribution is -0.134. The number of aryl methyl sites for hydroxylation is 1. The summed E-state index contributed by atoms with van der Waals surface area (Å²) in [5, 5.41) is 0.451. The van der Waals surface area contributed by atoms with Crippen LogP contribution in [0.2, 0.25) is 5.02 Å². The van der Waals surface area contributed by atoms with Crippen molar-refractivity contribution >= 4 is 23.4 Å². The van der Waals surface area contributed by atoms with Gasteiger partial charge in [0.15, 0.2) is 0 Å². The first-order valence-electron chi connectivity index (χ1n) is 9.99. The lowest BCUT2D eigenvalue weighted by Gasteiger charge is -2.28. The summed E-state index contributed by atoms with van der Waals surface area (Å²) in [6.45, 7) is 3.36. The Labute approximate surface area is 182 Å². The zero-order chi connectivity index (χ0) is 21.7. The van der Waals surface area contributed by atoms with Gasteiger partial charge in [0.05, 0.1) is 19.2 Å². The Balaban J connectivity index is 1.62. The number of ether oxygens (including phenoxy) is 2. The largest absolute Gasteiger partial charge is 0.496 e. The topological polar surface area (TPSA) is 59.1 Å². The number of carbonyl (C=O) groups is 2. The van der Waals surface area contributed by atoms with Crippen LogP contribution in [0.1, 0.15) is 28.8 Å². The number of carbonyl (C=O) groups excluding carboxylic acids is 2. The summed E-state index contributed by atoms with van der Waals surface area (Å²) in [6.07, 6.45) is 1.41. The highest BCUT2D eigenvalue weighted by atomic mass is 35.5. The second kappa shape index (κ2) is 9.85. The van der Waals surface area contributed by atoms with E-state index < -0.39 is 6.04 Å². The maximum atomic E-state index is 13.1. The minimum Gasteiger partial charge on any atom is -0.496 e. The molecule has 1 unspecified atom stereocenters. The molecule has 0 N–H and O–H groups in total. The average Bonchev–Trinajstić information content (AvgIpc) is 3.23. The number of nitrogens with zero attached hydrogens (tertiary/aromatic N) is 2. The van der Waals surface area contributed by atoms with Gasteiger partial charge in [0.2, 0.25) is 5.91 Å². The number of benzene rings is 2. The van der Waals surface area contributed by atoms with Crippen molar-refractivity contribution in [2.24, 2.45) is 0 Å². The van der Waals surface area contributed by atoms with E-state index in [0.29, 0.717) is 42.5 Å². The third-order valence-corrected chi connectivity index (χ3v) is 5.52. The van der Waals surface area contributed by atoms with Crippen LogP contribution in [0.3, 0.4) is 0 Å². The predicted molar refractivity (Wildman–Crippen MR) is 116 cm³/mol. The van der Waals surface area contributed by atoms with Gasteiger partial charge in [-0.3, -0.25) is 9.59 Å². The molecule has 0 aliphatic carbocycles. The molecule has 0 bridgehead atoms. The summed E-state index contributed by atoms with van der Waals surface area (Å²) >= 11 is 6.07. The number of amides is 2. The second-order valence-electron chi connectivity index (χ2n) is 7.42. The molecule has 7 heteroatoms. The van der Waals surface area contributed by atoms with Gasteiger partial charge in [-0.2, -0.15) is 0 Å². The third kappa shape index (κ3) is 5.05. The summed E-state index contributed by atoms with van der Waals surface area (Å²) in [5.41, 5.74) is 1.53. The van der Waals surface area contributed by atoms with Crippen molar-refractivity contribution in [2.45, 2.75) is 25.8 Å². The Kier molecular flexibility index (Phi) is 7.21. The molecule has 0 spiro atoms. The zero-order valence-electron chi connectivity index (χ0n) is 17.6. The Morgan fingerprint density at radius 3 is 2.63 bits per heavy atom. The predicted octanol–water partition coefficient (Wildman–Crippen LogP) is 3.80. The molecule has 30 heavy (non-hydrogen) atoms. The Morgan fingerprint density at radius 2 is 1.93 bits per heavy atom. The van der Waals surface area contributed by atoms with E-state index in [1.54, 1.807) is 35.0 Å². The molecule has 1 aliphatic heterocycles. The second-order valence-corrected chi connectivity index (χ2v) is 7.86. The standard InChI is InChI=1S/C23H27ClN2O4/c1-16-6-9-18(10-7-16)30-14-13-25(2)23(28)20-5-4-12-26(20)22(27)19-15-17(24)8-11-21(19)29-3/h6-11,15,20H,4-5,12-14H2,1-3H3. The molecule has 0 aromatic heterocycles. The van der Waals surface area contributed by atoms with Gasteiger partial charge in [-0.25, -0.2) is 0 Å². The molecule has 1 saturated heterocycles. The lowest BCUT2D eigenvalue weighted by atomic mass is 10.1. The van der Waals surface area contributed by atoms with E-state index in [-0.39, 0.29) is 11.8 Å². The van der Waals surface area contributed by atoms with Crippen molar-refractivity contribution in [3.63, 3.8) is 0 Å². The fourth-order valence-electron chi connectivity index (χ4n) is 3.57. The first-order chi connectivity index (χ1) is 14.4. The molecule has 1 fully saturated rings. The molecule has 1 atom stereocenters. The normalized spacial score (nSPS) is 15.7. The van der Waals surface area contributed by atoms with E-state index in [0.717, 1.165) is 17.7 Å². The quantitative estimate of drug-likeness (QED) is 0.670. The molecule has 0 radical (unpaired) electrons. The summed E-state index contributed by atoms with van der Waals surface area (Å²) in [7, 11) is 3.25. The van der Waals surface area contributed by atoms with E-state index in [2.05, 4.69) is 0 Å². The maximum Gasteiger partial charge on any atom is 0.258 e. The van der Waals surface area contributed by atoms with Crippen LogP contribution < -0.4 is 9.47 Å². The number of hydrogen-bond acceptors (Lipinski definition) is 4. The highest BCUT2D eigenvalue weighted by Gasteiger charge is 2.37. The van der Waals surface area contributed by atoms with Crippen molar-refractivity contribution in [2.75, 3.05) is 33.9 Å². The van der Waals surface area contributed by atoms with Gasteiger partial charge in [0.1, 0.15) is 24.1 Å². The molecule has 3 rings (SSSR count). The van der Waals surface area contributed by atoms with Crippen LogP contribution in [-0.4, -0.2) is 61.5 Å². The molecule has 2 aromatic carbocycles. The number of likely N-dealkylation sites (N-methyl/N-ethyl adjacent to an activating group) is 1. The van der Waals surface area contributed by atoms with Crippen LogP contribution in [0.15, 0.2) is 42.5 Å². The van der Waals surface area contributed by atoms with Crippen LogP contribution in [-0.2, 0) is 4.79 Å². The summed E-state index contributed by atoms with van der Waals surface area (Å²) in [4.78, 5) is 29.4. The SMILES string of the molecule is COc1ccc(Cl)cc1C(=O)N1CCCC1C(=O)N(C)CCOc1ccc(C)cc1. The zero-order valence-corrected chi connectivity index (χ0v) is 18.3. The van der Waals surface area contributed by atoms with Crippen molar-refractivity contribution in [3.8, 4) is 11.5 Å². The lowest BCUT2D eigenvalue weighted by Crippen LogP contribution is -2.47. The number of likely N-dealkylation sites (tertiary alicyclic amines) is 1. The van der Waals surface area contributed by atoms with Crippen LogP contribution in [0.25, 0.3) is 0 Å². The molecule has 0 saturated carbocycles. The third-order valence-electron chi connectivity index (χ3n) is 5.28. The van der Waals surface area contributed by atoms with Gasteiger partial charge < -0.3 is 19.3 Å². The highest BCUT2D eigenvalue weighted by Crippen LogP contribution is 2.28. The molecule has 1 heterocycles.